The summed E-state index contributed by atoms with van der Waals surface area (Å²) in [5, 5.41) is 3.45. The average Bonchev–Trinajstić information content (AvgIpc) is 2.85. The Hall–Kier alpha value is -3.31. The fourth-order valence-corrected chi connectivity index (χ4v) is 4.75. The molecule has 3 N–H and O–H groups in total. The summed E-state index contributed by atoms with van der Waals surface area (Å²) in [6.07, 6.45) is 12.3. The van der Waals surface area contributed by atoms with Crippen LogP contribution in [-0.2, 0) is 6.42 Å². The molecule has 0 aliphatic heterocycles. The lowest BCUT2D eigenvalue weighted by molar-refractivity contribution is 0.453. The van der Waals surface area contributed by atoms with Gasteiger partial charge in [-0.05, 0) is 92.3 Å². The number of benzene rings is 1. The van der Waals surface area contributed by atoms with E-state index in [1.165, 1.54) is 6.08 Å². The van der Waals surface area contributed by atoms with Gasteiger partial charge < -0.3 is 11.1 Å². The Morgan fingerprint density at radius 3 is 2.71 bits per heavy atom. The van der Waals surface area contributed by atoms with E-state index in [0.717, 1.165) is 33.8 Å². The van der Waals surface area contributed by atoms with E-state index >= 15 is 0 Å². The Labute approximate surface area is 200 Å². The van der Waals surface area contributed by atoms with Crippen LogP contribution in [0.2, 0.25) is 0 Å². The van der Waals surface area contributed by atoms with Gasteiger partial charge in [0.15, 0.2) is 0 Å². The summed E-state index contributed by atoms with van der Waals surface area (Å²) >= 11 is 0. The van der Waals surface area contributed by atoms with Crippen LogP contribution in [0.5, 0.6) is 0 Å². The lowest BCUT2D eigenvalue weighted by Crippen LogP contribution is -2.32. The Morgan fingerprint density at radius 1 is 1.18 bits per heavy atom. The van der Waals surface area contributed by atoms with Gasteiger partial charge in [-0.1, -0.05) is 36.4 Å². The van der Waals surface area contributed by atoms with E-state index in [-0.39, 0.29) is 11.6 Å². The monoisotopic (exact) mass is 459 g/mol. The molecule has 1 unspecified atom stereocenters. The van der Waals surface area contributed by atoms with Crippen molar-refractivity contribution in [2.45, 2.75) is 39.0 Å². The molecule has 1 aromatic heterocycles. The predicted molar refractivity (Wildman–Crippen MR) is 135 cm³/mol. The second-order valence-electron chi connectivity index (χ2n) is 9.04. The van der Waals surface area contributed by atoms with Gasteiger partial charge in [0.2, 0.25) is 0 Å². The van der Waals surface area contributed by atoms with Crippen molar-refractivity contribution in [1.82, 2.24) is 10.3 Å². The molecule has 2 aromatic rings. The third kappa shape index (κ3) is 5.10. The number of hydrogen-bond acceptors (Lipinski definition) is 3. The second-order valence-corrected chi connectivity index (χ2v) is 9.04. The van der Waals surface area contributed by atoms with Crippen LogP contribution < -0.4 is 11.1 Å². The predicted octanol–water partition coefficient (Wildman–Crippen LogP) is 6.45. The highest BCUT2D eigenvalue weighted by atomic mass is 19.1. The van der Waals surface area contributed by atoms with Crippen molar-refractivity contribution < 1.29 is 8.78 Å². The molecular weight excluding hydrogens is 428 g/mol. The first-order valence-corrected chi connectivity index (χ1v) is 11.7. The number of rotatable bonds is 8. The maximum atomic E-state index is 14.4. The first-order valence-electron chi connectivity index (χ1n) is 11.7. The smallest absolute Gasteiger partial charge is 0.126 e. The molecular formula is C29H31F2N3. The Bertz CT molecular complexity index is 1190. The highest BCUT2D eigenvalue weighted by molar-refractivity contribution is 5.71. The molecule has 4 rings (SSSR count). The van der Waals surface area contributed by atoms with Crippen molar-refractivity contribution >= 4 is 5.57 Å². The molecule has 0 saturated carbocycles. The van der Waals surface area contributed by atoms with Crippen LogP contribution >= 0.6 is 0 Å². The van der Waals surface area contributed by atoms with Crippen LogP contribution in [0, 0.1) is 18.2 Å². The van der Waals surface area contributed by atoms with E-state index < -0.39 is 5.41 Å². The molecule has 0 radical (unpaired) electrons. The number of aryl methyl sites for hydroxylation is 1. The first kappa shape index (κ1) is 23.8. The topological polar surface area (TPSA) is 50.9 Å². The van der Waals surface area contributed by atoms with Crippen LogP contribution in [0.3, 0.4) is 0 Å². The average molecular weight is 460 g/mol. The maximum Gasteiger partial charge on any atom is 0.126 e. The third-order valence-electron chi connectivity index (χ3n) is 6.73. The van der Waals surface area contributed by atoms with Gasteiger partial charge in [-0.25, -0.2) is 8.78 Å². The van der Waals surface area contributed by atoms with E-state index in [0.29, 0.717) is 44.2 Å². The van der Waals surface area contributed by atoms with Gasteiger partial charge in [-0.2, -0.15) is 0 Å². The molecule has 3 nitrogen and oxygen atoms in total. The van der Waals surface area contributed by atoms with Gasteiger partial charge in [-0.3, -0.25) is 4.98 Å². The van der Waals surface area contributed by atoms with Crippen molar-refractivity contribution in [3.63, 3.8) is 0 Å². The molecule has 2 aliphatic carbocycles. The zero-order valence-corrected chi connectivity index (χ0v) is 19.6. The molecule has 0 saturated heterocycles. The van der Waals surface area contributed by atoms with Gasteiger partial charge in [0, 0.05) is 29.4 Å². The van der Waals surface area contributed by atoms with Gasteiger partial charge in [-0.15, -0.1) is 0 Å². The summed E-state index contributed by atoms with van der Waals surface area (Å²) in [7, 11) is 0. The van der Waals surface area contributed by atoms with Crippen LogP contribution in [0.4, 0.5) is 8.78 Å². The standard InChI is InChI=1S/C29H31F2N3/c1-20-6-7-22(17-27(20)31)19-29(21(2)28-5-3-4-16-33-28)14-12-26(18-23(29)13-15-32)34-25-10-8-24(30)9-11-25/h3-8,10,12,16-18,34H,2,9,11,13-15,19,32H2,1H3. The number of nitrogens with zero attached hydrogens (tertiary/aromatic N) is 1. The molecule has 1 atom stereocenters. The highest BCUT2D eigenvalue weighted by Gasteiger charge is 2.39. The van der Waals surface area contributed by atoms with Crippen LogP contribution in [0.15, 0.2) is 96.3 Å². The van der Waals surface area contributed by atoms with Gasteiger partial charge in [0.1, 0.15) is 11.6 Å². The molecule has 34 heavy (non-hydrogen) atoms. The van der Waals surface area contributed by atoms with Crippen LogP contribution in [-0.4, -0.2) is 11.5 Å². The third-order valence-corrected chi connectivity index (χ3v) is 6.73. The number of halogens is 2. The largest absolute Gasteiger partial charge is 0.359 e. The van der Waals surface area contributed by atoms with Crippen molar-refractivity contribution in [2.75, 3.05) is 6.54 Å². The Balaban J connectivity index is 1.73. The number of aromatic nitrogens is 1. The Morgan fingerprint density at radius 2 is 2.03 bits per heavy atom. The molecule has 0 amide bonds. The minimum Gasteiger partial charge on any atom is -0.359 e. The van der Waals surface area contributed by atoms with Crippen molar-refractivity contribution in [1.29, 1.82) is 0 Å². The second kappa shape index (κ2) is 10.3. The van der Waals surface area contributed by atoms with Crippen LogP contribution in [0.25, 0.3) is 5.57 Å². The lowest BCUT2D eigenvalue weighted by atomic mass is 9.64. The number of allylic oxidation sites excluding steroid dienone is 7. The Kier molecular flexibility index (Phi) is 7.23. The molecule has 0 spiro atoms. The number of hydrogen-bond donors (Lipinski definition) is 2. The molecule has 2 aliphatic rings. The minimum absolute atomic E-state index is 0.0986. The maximum absolute atomic E-state index is 14.4. The van der Waals surface area contributed by atoms with Gasteiger partial charge in [0.25, 0.3) is 0 Å². The zero-order chi connectivity index (χ0) is 24.1. The fourth-order valence-electron chi connectivity index (χ4n) is 4.75. The summed E-state index contributed by atoms with van der Waals surface area (Å²) < 4.78 is 27.9. The first-order chi connectivity index (χ1) is 16.4. The van der Waals surface area contributed by atoms with E-state index in [9.17, 15) is 8.78 Å². The normalized spacial score (nSPS) is 20.1. The van der Waals surface area contributed by atoms with E-state index in [1.807, 2.05) is 30.3 Å². The van der Waals surface area contributed by atoms with E-state index in [2.05, 4.69) is 29.0 Å². The summed E-state index contributed by atoms with van der Waals surface area (Å²) in [5.74, 6) is -0.308. The molecule has 0 fully saturated rings. The minimum atomic E-state index is -0.479. The van der Waals surface area contributed by atoms with Gasteiger partial charge in [0.05, 0.1) is 5.69 Å². The summed E-state index contributed by atoms with van der Waals surface area (Å²) in [5.41, 5.74) is 11.9. The SMILES string of the molecule is C=C(c1ccccn1)C1(Cc2ccc(C)c(F)c2)CC=C(NC2=CC=C(F)CC2)C=C1CCN. The number of nitrogens with one attached hydrogen (secondary N) is 1. The van der Waals surface area contributed by atoms with Crippen molar-refractivity contribution in [3.05, 3.63) is 119 Å². The van der Waals surface area contributed by atoms with E-state index in [4.69, 9.17) is 5.73 Å². The summed E-state index contributed by atoms with van der Waals surface area (Å²) in [6.45, 7) is 6.74. The molecule has 1 heterocycles. The fraction of sp³-hybridized carbons (Fsp3) is 0.276. The van der Waals surface area contributed by atoms with Crippen molar-refractivity contribution in [2.24, 2.45) is 11.1 Å². The molecule has 5 heteroatoms. The number of nitrogens with two attached hydrogens (primary N) is 1. The van der Waals surface area contributed by atoms with Gasteiger partial charge >= 0.3 is 0 Å². The van der Waals surface area contributed by atoms with E-state index in [1.54, 1.807) is 25.3 Å². The molecule has 1 aromatic carbocycles. The quantitative estimate of drug-likeness (QED) is 0.477. The van der Waals surface area contributed by atoms with Crippen molar-refractivity contribution in [3.8, 4) is 0 Å². The highest BCUT2D eigenvalue weighted by Crippen LogP contribution is 2.49. The summed E-state index contributed by atoms with van der Waals surface area (Å²) in [6, 6.07) is 11.2. The zero-order valence-electron chi connectivity index (χ0n) is 19.6. The molecule has 176 valence electrons. The lowest BCUT2D eigenvalue weighted by Gasteiger charge is -2.40. The number of pyridine rings is 1. The van der Waals surface area contributed by atoms with Crippen LogP contribution in [0.1, 0.15) is 42.5 Å². The summed E-state index contributed by atoms with van der Waals surface area (Å²) in [4.78, 5) is 4.57. The molecule has 0 bridgehead atoms.